The molecule has 0 saturated carbocycles. The normalized spacial score (nSPS) is 27.1. The van der Waals surface area contributed by atoms with Crippen LogP contribution in [0.3, 0.4) is 0 Å². The van der Waals surface area contributed by atoms with Crippen LogP contribution in [0.2, 0.25) is 0 Å². The number of nitro benzene ring substituents is 1. The lowest BCUT2D eigenvalue weighted by Crippen LogP contribution is -2.47. The van der Waals surface area contributed by atoms with Crippen LogP contribution in [0.1, 0.15) is 31.2 Å². The Hall–Kier alpha value is -2.13. The van der Waals surface area contributed by atoms with E-state index in [4.69, 9.17) is 5.26 Å². The smallest absolute Gasteiger partial charge is 0.310 e. The van der Waals surface area contributed by atoms with Gasteiger partial charge in [-0.15, -0.1) is 0 Å². The van der Waals surface area contributed by atoms with Crippen molar-refractivity contribution in [2.45, 2.75) is 43.8 Å². The number of nitrogens with one attached hydrogen (secondary N) is 1. The number of fused-ring (bicyclic) bond motifs is 2. The van der Waals surface area contributed by atoms with Gasteiger partial charge in [-0.3, -0.25) is 10.1 Å². The summed E-state index contributed by atoms with van der Waals surface area (Å²) in [6.07, 6.45) is 4.38. The molecule has 2 atom stereocenters. The zero-order valence-corrected chi connectivity index (χ0v) is 12.0. The van der Waals surface area contributed by atoms with Crippen LogP contribution >= 0.6 is 0 Å². The molecule has 2 unspecified atom stereocenters. The molecule has 1 N–H and O–H groups in total. The maximum Gasteiger partial charge on any atom is 0.310 e. The van der Waals surface area contributed by atoms with Gasteiger partial charge in [0.25, 0.3) is 0 Å². The number of hydrogen-bond acceptors (Lipinski definition) is 5. The van der Waals surface area contributed by atoms with Crippen molar-refractivity contribution in [3.8, 4) is 6.07 Å². The molecule has 2 aliphatic rings. The van der Waals surface area contributed by atoms with Crippen molar-refractivity contribution in [1.29, 1.82) is 5.26 Å². The molecule has 0 aliphatic carbocycles. The van der Waals surface area contributed by atoms with E-state index in [1.165, 1.54) is 18.9 Å². The van der Waals surface area contributed by atoms with Crippen LogP contribution in [0.25, 0.3) is 0 Å². The second kappa shape index (κ2) is 5.34. The van der Waals surface area contributed by atoms with Crippen molar-refractivity contribution in [2.24, 2.45) is 0 Å². The predicted molar refractivity (Wildman–Crippen MR) is 79.2 cm³/mol. The van der Waals surface area contributed by atoms with Crippen molar-refractivity contribution in [3.05, 3.63) is 33.9 Å². The van der Waals surface area contributed by atoms with Crippen LogP contribution in [0, 0.1) is 21.4 Å². The third kappa shape index (κ3) is 2.45. The van der Waals surface area contributed by atoms with E-state index < -0.39 is 4.92 Å². The Morgan fingerprint density at radius 1 is 1.38 bits per heavy atom. The lowest BCUT2D eigenvalue weighted by Gasteiger charge is -2.36. The Labute approximate surface area is 123 Å². The van der Waals surface area contributed by atoms with Crippen molar-refractivity contribution in [3.63, 3.8) is 0 Å². The van der Waals surface area contributed by atoms with E-state index >= 15 is 0 Å². The molecule has 2 fully saturated rings. The molecule has 0 radical (unpaired) electrons. The molecule has 1 aromatic rings. The highest BCUT2D eigenvalue weighted by Crippen LogP contribution is 2.36. The summed E-state index contributed by atoms with van der Waals surface area (Å²) < 4.78 is 0. The van der Waals surface area contributed by atoms with Crippen LogP contribution in [-0.2, 0) is 0 Å². The quantitative estimate of drug-likeness (QED) is 0.680. The number of nitrogens with zero attached hydrogens (tertiary/aromatic N) is 3. The highest BCUT2D eigenvalue weighted by Gasteiger charge is 2.36. The average Bonchev–Trinajstić information content (AvgIpc) is 2.83. The molecule has 1 aromatic carbocycles. The van der Waals surface area contributed by atoms with Gasteiger partial charge in [0.05, 0.1) is 4.92 Å². The number of benzene rings is 1. The van der Waals surface area contributed by atoms with Gasteiger partial charge in [-0.2, -0.15) is 5.26 Å². The van der Waals surface area contributed by atoms with E-state index in [2.05, 4.69) is 5.32 Å². The molecule has 110 valence electrons. The first-order valence-corrected chi connectivity index (χ1v) is 7.26. The summed E-state index contributed by atoms with van der Waals surface area (Å²) in [5, 5.41) is 24.0. The van der Waals surface area contributed by atoms with E-state index in [1.54, 1.807) is 12.1 Å². The fourth-order valence-corrected chi connectivity index (χ4v) is 3.64. The summed E-state index contributed by atoms with van der Waals surface area (Å²) in [5.41, 5.74) is 0.597. The molecular formula is C15H18N4O2. The fraction of sp³-hybridized carbons (Fsp3) is 0.533. The molecule has 2 saturated heterocycles. The summed E-state index contributed by atoms with van der Waals surface area (Å²) >= 11 is 0. The lowest BCUT2D eigenvalue weighted by molar-refractivity contribution is -0.384. The molecule has 0 spiro atoms. The summed E-state index contributed by atoms with van der Waals surface area (Å²) in [5.74, 6) is 0. The Balaban J connectivity index is 1.93. The first-order chi connectivity index (χ1) is 10.1. The minimum Gasteiger partial charge on any atom is -0.366 e. The predicted octanol–water partition coefficient (Wildman–Crippen LogP) is 2.19. The summed E-state index contributed by atoms with van der Waals surface area (Å²) in [6.45, 7) is 0. The van der Waals surface area contributed by atoms with Crippen LogP contribution in [0.15, 0.2) is 18.2 Å². The van der Waals surface area contributed by atoms with Crippen molar-refractivity contribution >= 4 is 11.4 Å². The van der Waals surface area contributed by atoms with E-state index in [0.29, 0.717) is 17.8 Å². The Kier molecular flexibility index (Phi) is 3.52. The van der Waals surface area contributed by atoms with Gasteiger partial charge in [0.1, 0.15) is 17.3 Å². The minimum absolute atomic E-state index is 0.0756. The molecular weight excluding hydrogens is 268 g/mol. The number of anilines is 1. The average molecular weight is 286 g/mol. The molecule has 0 aromatic heterocycles. The Morgan fingerprint density at radius 3 is 2.62 bits per heavy atom. The first-order valence-electron chi connectivity index (χ1n) is 7.26. The monoisotopic (exact) mass is 286 g/mol. The van der Waals surface area contributed by atoms with Gasteiger partial charge >= 0.3 is 5.69 Å². The number of hydrogen-bond donors (Lipinski definition) is 1. The van der Waals surface area contributed by atoms with Crippen LogP contribution in [0.5, 0.6) is 0 Å². The minimum atomic E-state index is -0.444. The van der Waals surface area contributed by atoms with E-state index in [1.807, 2.05) is 18.0 Å². The largest absolute Gasteiger partial charge is 0.366 e. The fourth-order valence-electron chi connectivity index (χ4n) is 3.64. The molecule has 2 aliphatic heterocycles. The van der Waals surface area contributed by atoms with E-state index in [0.717, 1.165) is 12.8 Å². The maximum atomic E-state index is 11.3. The third-order valence-corrected chi connectivity index (χ3v) is 4.69. The van der Waals surface area contributed by atoms with Gasteiger partial charge in [0.15, 0.2) is 0 Å². The van der Waals surface area contributed by atoms with Gasteiger partial charge in [-0.05, 0) is 37.8 Å². The zero-order valence-electron chi connectivity index (χ0n) is 12.0. The summed E-state index contributed by atoms with van der Waals surface area (Å²) in [6, 6.07) is 8.21. The summed E-state index contributed by atoms with van der Waals surface area (Å²) in [7, 11) is 1.90. The maximum absolute atomic E-state index is 11.3. The van der Waals surface area contributed by atoms with Gasteiger partial charge in [-0.25, -0.2) is 0 Å². The van der Waals surface area contributed by atoms with Crippen molar-refractivity contribution in [1.82, 2.24) is 5.32 Å². The Bertz CT molecular complexity index is 598. The first kappa shape index (κ1) is 13.8. The SMILES string of the molecule is CN(c1cccc(C#N)c1[N+](=O)[O-])C1CC2CCC(C1)N2. The molecule has 21 heavy (non-hydrogen) atoms. The molecule has 2 bridgehead atoms. The number of para-hydroxylation sites is 1. The Morgan fingerprint density at radius 2 is 2.05 bits per heavy atom. The van der Waals surface area contributed by atoms with Crippen molar-refractivity contribution < 1.29 is 4.92 Å². The third-order valence-electron chi connectivity index (χ3n) is 4.69. The number of nitro groups is 1. The van der Waals surface area contributed by atoms with Crippen LogP contribution < -0.4 is 10.2 Å². The van der Waals surface area contributed by atoms with Crippen LogP contribution in [-0.4, -0.2) is 30.1 Å². The molecule has 3 rings (SSSR count). The van der Waals surface area contributed by atoms with Crippen molar-refractivity contribution in [2.75, 3.05) is 11.9 Å². The van der Waals surface area contributed by atoms with Gasteiger partial charge in [0.2, 0.25) is 0 Å². The molecule has 6 heteroatoms. The number of rotatable bonds is 3. The number of nitriles is 1. The van der Waals surface area contributed by atoms with Gasteiger partial charge in [0, 0.05) is 25.2 Å². The standard InChI is InChI=1S/C15H18N4O2/c1-18(13-7-11-5-6-12(8-13)17-11)14-4-2-3-10(9-16)15(14)19(20)21/h2-4,11-13,17H,5-8H2,1H3. The topological polar surface area (TPSA) is 82.2 Å². The second-order valence-corrected chi connectivity index (χ2v) is 5.92. The summed E-state index contributed by atoms with van der Waals surface area (Å²) in [4.78, 5) is 12.9. The second-order valence-electron chi connectivity index (χ2n) is 5.92. The molecule has 0 amide bonds. The van der Waals surface area contributed by atoms with Crippen LogP contribution in [0.4, 0.5) is 11.4 Å². The molecule has 2 heterocycles. The van der Waals surface area contributed by atoms with Gasteiger partial charge < -0.3 is 10.2 Å². The van der Waals surface area contributed by atoms with E-state index in [-0.39, 0.29) is 17.3 Å². The highest BCUT2D eigenvalue weighted by molar-refractivity contribution is 5.70. The lowest BCUT2D eigenvalue weighted by atomic mass is 9.97. The van der Waals surface area contributed by atoms with Gasteiger partial charge in [-0.1, -0.05) is 6.07 Å². The number of piperidine rings is 1. The van der Waals surface area contributed by atoms with E-state index in [9.17, 15) is 10.1 Å². The zero-order chi connectivity index (χ0) is 15.0. The molecule has 6 nitrogen and oxygen atoms in total. The highest BCUT2D eigenvalue weighted by atomic mass is 16.6.